The minimum Gasteiger partial charge on any atom is -0.462 e. The van der Waals surface area contributed by atoms with E-state index in [4.69, 9.17) is 4.74 Å². The Hall–Kier alpha value is -2.88. The molecule has 1 aliphatic rings. The van der Waals surface area contributed by atoms with Gasteiger partial charge in [-0.25, -0.2) is 21.6 Å². The lowest BCUT2D eigenvalue weighted by Crippen LogP contribution is -2.41. The largest absolute Gasteiger partial charge is 0.462 e. The molecule has 1 saturated heterocycles. The molecule has 0 aliphatic carbocycles. The smallest absolute Gasteiger partial charge is 0.341 e. The van der Waals surface area contributed by atoms with Crippen LogP contribution in [0.15, 0.2) is 40.1 Å². The molecule has 1 aromatic carbocycles. The average molecular weight is 546 g/mol. The Bertz CT molecular complexity index is 1360. The van der Waals surface area contributed by atoms with Crippen molar-refractivity contribution in [1.29, 1.82) is 0 Å². The van der Waals surface area contributed by atoms with Crippen LogP contribution in [0.2, 0.25) is 0 Å². The van der Waals surface area contributed by atoms with Gasteiger partial charge in [0.2, 0.25) is 15.9 Å². The molecular weight excluding hydrogens is 522 g/mol. The zero-order valence-electron chi connectivity index (χ0n) is 18.8. The van der Waals surface area contributed by atoms with Gasteiger partial charge in [-0.3, -0.25) is 14.9 Å². The lowest BCUT2D eigenvalue weighted by Gasteiger charge is -2.30. The monoisotopic (exact) mass is 545 g/mol. The Morgan fingerprint density at radius 1 is 1.17 bits per heavy atom. The SMILES string of the molecule is CCOC(=O)c1cc([N+](=O)[O-])sc1NC(=O)C1CCN(S(=O)(=O)c2cccc(S(C)(=O)=O)c2)CC1. The Morgan fingerprint density at radius 2 is 1.80 bits per heavy atom. The standard InChI is InChI=1S/C20H23N3O9S3/c1-3-32-20(25)16-12-17(23(26)27)33-19(16)21-18(24)13-7-9-22(10-8-13)35(30,31)15-6-4-5-14(11-15)34(2,28)29/h4-6,11-13H,3,7-10H2,1-2H3,(H,21,24). The number of ether oxygens (including phenoxy) is 1. The predicted molar refractivity (Wildman–Crippen MR) is 127 cm³/mol. The van der Waals surface area contributed by atoms with Crippen LogP contribution < -0.4 is 5.32 Å². The van der Waals surface area contributed by atoms with Gasteiger partial charge in [0.1, 0.15) is 10.6 Å². The van der Waals surface area contributed by atoms with E-state index in [9.17, 15) is 36.5 Å². The van der Waals surface area contributed by atoms with Crippen molar-refractivity contribution in [2.45, 2.75) is 29.6 Å². The van der Waals surface area contributed by atoms with Crippen molar-refractivity contribution in [1.82, 2.24) is 4.31 Å². The number of hydrogen-bond donors (Lipinski definition) is 1. The number of esters is 1. The van der Waals surface area contributed by atoms with E-state index in [0.29, 0.717) is 11.3 Å². The summed E-state index contributed by atoms with van der Waals surface area (Å²) in [5.41, 5.74) is -0.123. The van der Waals surface area contributed by atoms with E-state index in [1.165, 1.54) is 22.5 Å². The number of nitro groups is 1. The lowest BCUT2D eigenvalue weighted by atomic mass is 9.97. The number of carbonyl (C=O) groups is 2. The fourth-order valence-electron chi connectivity index (χ4n) is 3.51. The summed E-state index contributed by atoms with van der Waals surface area (Å²) in [6.07, 6.45) is 1.32. The normalized spacial score (nSPS) is 15.5. The van der Waals surface area contributed by atoms with E-state index in [2.05, 4.69) is 5.32 Å². The van der Waals surface area contributed by atoms with E-state index in [1.807, 2.05) is 0 Å². The van der Waals surface area contributed by atoms with Crippen molar-refractivity contribution in [3.63, 3.8) is 0 Å². The molecule has 0 atom stereocenters. The first-order chi connectivity index (χ1) is 16.3. The van der Waals surface area contributed by atoms with Crippen molar-refractivity contribution in [2.24, 2.45) is 5.92 Å². The molecule has 0 unspecified atom stereocenters. The summed E-state index contributed by atoms with van der Waals surface area (Å²) in [6.45, 7) is 1.66. The van der Waals surface area contributed by atoms with Crippen LogP contribution in [0.25, 0.3) is 0 Å². The van der Waals surface area contributed by atoms with Crippen molar-refractivity contribution in [3.8, 4) is 0 Å². The first-order valence-corrected chi connectivity index (χ1v) is 14.6. The molecule has 1 fully saturated rings. The Balaban J connectivity index is 1.71. The predicted octanol–water partition coefficient (Wildman–Crippen LogP) is 2.28. The van der Waals surface area contributed by atoms with Gasteiger partial charge in [0.15, 0.2) is 9.84 Å². The first kappa shape index (κ1) is 26.7. The highest BCUT2D eigenvalue weighted by atomic mass is 32.2. The summed E-state index contributed by atoms with van der Waals surface area (Å²) in [5, 5.41) is 13.3. The number of benzene rings is 1. The maximum Gasteiger partial charge on any atom is 0.341 e. The van der Waals surface area contributed by atoms with E-state index in [1.54, 1.807) is 6.92 Å². The molecule has 0 radical (unpaired) electrons. The zero-order valence-corrected chi connectivity index (χ0v) is 21.2. The van der Waals surface area contributed by atoms with Crippen LogP contribution in [0.4, 0.5) is 10.0 Å². The molecule has 190 valence electrons. The topological polar surface area (TPSA) is 170 Å². The minimum atomic E-state index is -3.98. The molecule has 1 amide bonds. The van der Waals surface area contributed by atoms with Crippen molar-refractivity contribution < 1.29 is 36.1 Å². The van der Waals surface area contributed by atoms with E-state index >= 15 is 0 Å². The minimum absolute atomic E-state index is 0.00667. The van der Waals surface area contributed by atoms with Crippen LogP contribution in [0, 0.1) is 16.0 Å². The second-order valence-corrected chi connectivity index (χ2v) is 12.7. The number of piperidine rings is 1. The number of carbonyl (C=O) groups excluding carboxylic acids is 2. The van der Waals surface area contributed by atoms with E-state index < -0.39 is 42.6 Å². The van der Waals surface area contributed by atoms with Crippen molar-refractivity contribution in [2.75, 3.05) is 31.3 Å². The zero-order chi connectivity index (χ0) is 26.0. The average Bonchev–Trinajstić information content (AvgIpc) is 3.23. The summed E-state index contributed by atoms with van der Waals surface area (Å²) in [6, 6.07) is 6.11. The molecule has 2 heterocycles. The molecule has 1 N–H and O–H groups in total. The van der Waals surface area contributed by atoms with E-state index in [-0.39, 0.29) is 57.9 Å². The third-order valence-corrected chi connectivity index (χ3v) is 9.33. The van der Waals surface area contributed by atoms with E-state index in [0.717, 1.165) is 18.4 Å². The van der Waals surface area contributed by atoms with Crippen LogP contribution in [-0.4, -0.2) is 63.9 Å². The van der Waals surface area contributed by atoms with Gasteiger partial charge < -0.3 is 10.1 Å². The second-order valence-electron chi connectivity index (χ2n) is 7.72. The quantitative estimate of drug-likeness (QED) is 0.297. The van der Waals surface area contributed by atoms with Crippen molar-refractivity contribution in [3.05, 3.63) is 46.0 Å². The highest BCUT2D eigenvalue weighted by Gasteiger charge is 2.33. The first-order valence-electron chi connectivity index (χ1n) is 10.4. The maximum atomic E-state index is 13.0. The summed E-state index contributed by atoms with van der Waals surface area (Å²) >= 11 is 0.632. The molecule has 2 aromatic rings. The van der Waals surface area contributed by atoms with Gasteiger partial charge in [-0.1, -0.05) is 6.07 Å². The second kappa shape index (κ2) is 10.4. The molecular formula is C20H23N3O9S3. The molecule has 0 saturated carbocycles. The highest BCUT2D eigenvalue weighted by Crippen LogP contribution is 2.35. The molecule has 0 bridgehead atoms. The highest BCUT2D eigenvalue weighted by molar-refractivity contribution is 7.91. The number of sulfone groups is 1. The Morgan fingerprint density at radius 3 is 2.37 bits per heavy atom. The third-order valence-electron chi connectivity index (χ3n) is 5.33. The molecule has 1 aromatic heterocycles. The van der Waals surface area contributed by atoms with Gasteiger partial charge in [-0.2, -0.15) is 4.31 Å². The van der Waals surface area contributed by atoms with Crippen LogP contribution >= 0.6 is 11.3 Å². The van der Waals surface area contributed by atoms with Gasteiger partial charge >= 0.3 is 11.0 Å². The lowest BCUT2D eigenvalue weighted by molar-refractivity contribution is -0.380. The number of anilines is 1. The van der Waals surface area contributed by atoms with Crippen LogP contribution in [0.3, 0.4) is 0 Å². The fourth-order valence-corrected chi connectivity index (χ4v) is 6.63. The molecule has 15 heteroatoms. The maximum absolute atomic E-state index is 13.0. The number of hydrogen-bond acceptors (Lipinski definition) is 10. The fraction of sp³-hybridized carbons (Fsp3) is 0.400. The van der Waals surface area contributed by atoms with Gasteiger partial charge in [0.05, 0.1) is 21.3 Å². The summed E-state index contributed by atoms with van der Waals surface area (Å²) in [5.74, 6) is -1.90. The third kappa shape index (κ3) is 6.04. The number of thiophene rings is 1. The van der Waals surface area contributed by atoms with Gasteiger partial charge in [-0.05, 0) is 49.3 Å². The Kier molecular flexibility index (Phi) is 7.93. The molecule has 35 heavy (non-hydrogen) atoms. The molecule has 1 aliphatic heterocycles. The summed E-state index contributed by atoms with van der Waals surface area (Å²) < 4.78 is 55.6. The summed E-state index contributed by atoms with van der Waals surface area (Å²) in [7, 11) is -7.57. The summed E-state index contributed by atoms with van der Waals surface area (Å²) in [4.78, 5) is 35.1. The number of rotatable bonds is 8. The van der Waals surface area contributed by atoms with Crippen molar-refractivity contribution >= 4 is 53.1 Å². The number of sulfonamides is 1. The van der Waals surface area contributed by atoms with Crippen LogP contribution in [0.1, 0.15) is 30.1 Å². The van der Waals surface area contributed by atoms with Gasteiger partial charge in [0.25, 0.3) is 0 Å². The van der Waals surface area contributed by atoms with Crippen LogP contribution in [-0.2, 0) is 29.4 Å². The molecule has 0 spiro atoms. The van der Waals surface area contributed by atoms with Gasteiger partial charge in [-0.15, -0.1) is 0 Å². The van der Waals surface area contributed by atoms with Gasteiger partial charge in [0, 0.05) is 31.3 Å². The Labute approximate surface area is 206 Å². The number of amides is 1. The number of nitrogens with zero attached hydrogens (tertiary/aromatic N) is 2. The number of nitrogens with one attached hydrogen (secondary N) is 1. The molecule has 12 nitrogen and oxygen atoms in total. The van der Waals surface area contributed by atoms with Crippen LogP contribution in [0.5, 0.6) is 0 Å². The molecule has 3 rings (SSSR count).